The molecule has 1 amide bonds. The quantitative estimate of drug-likeness (QED) is 0.861. The molecule has 6 heteroatoms. The summed E-state index contributed by atoms with van der Waals surface area (Å²) in [4.78, 5) is 14.0. The van der Waals surface area contributed by atoms with Crippen molar-refractivity contribution in [2.24, 2.45) is 0 Å². The van der Waals surface area contributed by atoms with E-state index in [1.54, 1.807) is 14.2 Å². The molecule has 116 valence electrons. The maximum absolute atomic E-state index is 12.3. The van der Waals surface area contributed by atoms with E-state index in [2.05, 4.69) is 5.32 Å². The van der Waals surface area contributed by atoms with E-state index < -0.39 is 6.29 Å². The highest BCUT2D eigenvalue weighted by molar-refractivity contribution is 7.17. The fourth-order valence-electron chi connectivity index (χ4n) is 2.34. The second-order valence-electron chi connectivity index (χ2n) is 4.86. The van der Waals surface area contributed by atoms with Crippen LogP contribution in [0.2, 0.25) is 0 Å². The summed E-state index contributed by atoms with van der Waals surface area (Å²) in [5.41, 5.74) is 2.09. The summed E-state index contributed by atoms with van der Waals surface area (Å²) in [6, 6.07) is 9.76. The number of nitrogens with one attached hydrogen (secondary N) is 1. The summed E-state index contributed by atoms with van der Waals surface area (Å²) < 4.78 is 15.8. The van der Waals surface area contributed by atoms with Gasteiger partial charge in [0, 0.05) is 30.2 Å². The van der Waals surface area contributed by atoms with Crippen LogP contribution in [-0.2, 0) is 16.1 Å². The number of hydrogen-bond donors (Lipinski definition) is 1. The molecule has 5 nitrogen and oxygen atoms in total. The van der Waals surface area contributed by atoms with Crippen molar-refractivity contribution in [3.05, 3.63) is 40.8 Å². The molecular weight excluding hydrogens is 302 g/mol. The summed E-state index contributed by atoms with van der Waals surface area (Å²) in [5, 5.41) is 2.81. The SMILES string of the molecule is COC(CNC(=O)c1cc2c(s1)-c1ccccc1OC2)OC. The largest absolute Gasteiger partial charge is 0.488 e. The van der Waals surface area contributed by atoms with Crippen molar-refractivity contribution >= 4 is 17.2 Å². The van der Waals surface area contributed by atoms with Gasteiger partial charge in [-0.15, -0.1) is 11.3 Å². The predicted octanol–water partition coefficient (Wildman–Crippen LogP) is 2.66. The molecule has 2 heterocycles. The lowest BCUT2D eigenvalue weighted by Gasteiger charge is -2.16. The summed E-state index contributed by atoms with van der Waals surface area (Å²) >= 11 is 1.48. The highest BCUT2D eigenvalue weighted by Gasteiger charge is 2.22. The highest BCUT2D eigenvalue weighted by Crippen LogP contribution is 2.42. The topological polar surface area (TPSA) is 56.8 Å². The van der Waals surface area contributed by atoms with Crippen molar-refractivity contribution in [2.45, 2.75) is 12.9 Å². The van der Waals surface area contributed by atoms with Crippen molar-refractivity contribution < 1.29 is 19.0 Å². The molecule has 0 saturated heterocycles. The van der Waals surface area contributed by atoms with E-state index in [0.29, 0.717) is 18.0 Å². The first-order valence-electron chi connectivity index (χ1n) is 6.91. The number of fused-ring (bicyclic) bond motifs is 3. The Balaban J connectivity index is 1.78. The van der Waals surface area contributed by atoms with Gasteiger partial charge in [0.1, 0.15) is 12.4 Å². The van der Waals surface area contributed by atoms with Crippen LogP contribution in [0.1, 0.15) is 15.2 Å². The Hall–Kier alpha value is -1.89. The number of rotatable bonds is 5. The molecule has 1 aromatic heterocycles. The van der Waals surface area contributed by atoms with E-state index in [4.69, 9.17) is 14.2 Å². The second kappa shape index (κ2) is 6.48. The Morgan fingerprint density at radius 2 is 2.14 bits per heavy atom. The Kier molecular flexibility index (Phi) is 4.42. The number of carbonyl (C=O) groups excluding carboxylic acids is 1. The van der Waals surface area contributed by atoms with Gasteiger partial charge in [0.2, 0.25) is 0 Å². The maximum atomic E-state index is 12.3. The molecule has 0 fully saturated rings. The van der Waals surface area contributed by atoms with Crippen LogP contribution in [0, 0.1) is 0 Å². The molecule has 1 N–H and O–H groups in total. The molecule has 0 radical (unpaired) electrons. The van der Waals surface area contributed by atoms with E-state index in [1.165, 1.54) is 11.3 Å². The smallest absolute Gasteiger partial charge is 0.261 e. The first-order valence-corrected chi connectivity index (χ1v) is 7.73. The molecule has 1 aromatic carbocycles. The van der Waals surface area contributed by atoms with Gasteiger partial charge in [-0.25, -0.2) is 0 Å². The Bertz CT molecular complexity index is 679. The first-order chi connectivity index (χ1) is 10.7. The predicted molar refractivity (Wildman–Crippen MR) is 84.2 cm³/mol. The number of benzene rings is 1. The number of methoxy groups -OCH3 is 2. The lowest BCUT2D eigenvalue weighted by atomic mass is 10.1. The second-order valence-corrected chi connectivity index (χ2v) is 5.91. The molecular formula is C16H17NO4S. The number of para-hydroxylation sites is 1. The number of carbonyl (C=O) groups is 1. The van der Waals surface area contributed by atoms with Crippen LogP contribution in [0.5, 0.6) is 5.75 Å². The molecule has 0 bridgehead atoms. The normalized spacial score (nSPS) is 12.5. The third kappa shape index (κ3) is 2.85. The van der Waals surface area contributed by atoms with E-state index >= 15 is 0 Å². The zero-order valence-corrected chi connectivity index (χ0v) is 13.2. The van der Waals surface area contributed by atoms with Gasteiger partial charge >= 0.3 is 0 Å². The molecule has 0 aliphatic carbocycles. The Morgan fingerprint density at radius 1 is 1.36 bits per heavy atom. The van der Waals surface area contributed by atoms with Gasteiger partial charge in [-0.3, -0.25) is 4.79 Å². The minimum atomic E-state index is -0.442. The first kappa shape index (κ1) is 15.0. The lowest BCUT2D eigenvalue weighted by Crippen LogP contribution is -2.33. The third-order valence-corrected chi connectivity index (χ3v) is 4.71. The third-order valence-electron chi connectivity index (χ3n) is 3.50. The van der Waals surface area contributed by atoms with Crippen LogP contribution in [0.3, 0.4) is 0 Å². The zero-order valence-electron chi connectivity index (χ0n) is 12.4. The molecule has 0 spiro atoms. The van der Waals surface area contributed by atoms with Crippen LogP contribution >= 0.6 is 11.3 Å². The summed E-state index contributed by atoms with van der Waals surface area (Å²) in [7, 11) is 3.08. The zero-order chi connectivity index (χ0) is 15.5. The van der Waals surface area contributed by atoms with Gasteiger partial charge in [0.15, 0.2) is 6.29 Å². The van der Waals surface area contributed by atoms with Crippen LogP contribution in [0.4, 0.5) is 0 Å². The van der Waals surface area contributed by atoms with Gasteiger partial charge in [-0.1, -0.05) is 12.1 Å². The van der Waals surface area contributed by atoms with Crippen LogP contribution < -0.4 is 10.1 Å². The average molecular weight is 319 g/mol. The highest BCUT2D eigenvalue weighted by atomic mass is 32.1. The van der Waals surface area contributed by atoms with Gasteiger partial charge in [-0.05, 0) is 18.2 Å². The number of thiophene rings is 1. The average Bonchev–Trinajstić information content (AvgIpc) is 3.00. The standard InChI is InChI=1S/C16H17NO4S/c1-19-14(20-2)8-17-16(18)13-7-10-9-21-12-6-4-3-5-11(12)15(10)22-13/h3-7,14H,8-9H2,1-2H3,(H,17,18). The lowest BCUT2D eigenvalue weighted by molar-refractivity contribution is -0.0974. The van der Waals surface area contributed by atoms with Gasteiger partial charge in [0.05, 0.1) is 11.4 Å². The van der Waals surface area contributed by atoms with Crippen molar-refractivity contribution in [3.63, 3.8) is 0 Å². The molecule has 0 atom stereocenters. The minimum Gasteiger partial charge on any atom is -0.488 e. The summed E-state index contributed by atoms with van der Waals surface area (Å²) in [5.74, 6) is 0.735. The van der Waals surface area contributed by atoms with Crippen molar-refractivity contribution in [1.29, 1.82) is 0 Å². The summed E-state index contributed by atoms with van der Waals surface area (Å²) in [6.45, 7) is 0.802. The molecule has 2 aromatic rings. The van der Waals surface area contributed by atoms with Gasteiger partial charge in [-0.2, -0.15) is 0 Å². The Morgan fingerprint density at radius 3 is 2.91 bits per heavy atom. The van der Waals surface area contributed by atoms with Crippen LogP contribution in [-0.4, -0.2) is 33.0 Å². The monoisotopic (exact) mass is 319 g/mol. The molecule has 1 aliphatic rings. The molecule has 1 aliphatic heterocycles. The molecule has 3 rings (SSSR count). The van der Waals surface area contributed by atoms with Crippen molar-refractivity contribution in [3.8, 4) is 16.2 Å². The van der Waals surface area contributed by atoms with E-state index in [0.717, 1.165) is 21.8 Å². The van der Waals surface area contributed by atoms with Gasteiger partial charge in [0.25, 0.3) is 5.91 Å². The van der Waals surface area contributed by atoms with Crippen molar-refractivity contribution in [1.82, 2.24) is 5.32 Å². The fraction of sp³-hybridized carbons (Fsp3) is 0.312. The van der Waals surface area contributed by atoms with Crippen LogP contribution in [0.25, 0.3) is 10.4 Å². The number of ether oxygens (including phenoxy) is 3. The van der Waals surface area contributed by atoms with E-state index in [9.17, 15) is 4.79 Å². The molecule has 22 heavy (non-hydrogen) atoms. The molecule has 0 unspecified atom stereocenters. The van der Waals surface area contributed by atoms with Crippen molar-refractivity contribution in [2.75, 3.05) is 20.8 Å². The van der Waals surface area contributed by atoms with Gasteiger partial charge < -0.3 is 19.5 Å². The maximum Gasteiger partial charge on any atom is 0.261 e. The minimum absolute atomic E-state index is 0.129. The summed E-state index contributed by atoms with van der Waals surface area (Å²) in [6.07, 6.45) is -0.442. The number of amides is 1. The fourth-order valence-corrected chi connectivity index (χ4v) is 3.45. The molecule has 0 saturated carbocycles. The van der Waals surface area contributed by atoms with Crippen LogP contribution in [0.15, 0.2) is 30.3 Å². The Labute approximate surface area is 132 Å². The van der Waals surface area contributed by atoms with E-state index in [-0.39, 0.29) is 5.91 Å². The number of hydrogen-bond acceptors (Lipinski definition) is 5. The van der Waals surface area contributed by atoms with E-state index in [1.807, 2.05) is 30.3 Å².